The first kappa shape index (κ1) is 14.0. The van der Waals surface area contributed by atoms with Crippen LogP contribution in [0, 0.1) is 11.8 Å². The van der Waals surface area contributed by atoms with E-state index in [-0.39, 0.29) is 12.8 Å². The Morgan fingerprint density at radius 3 is 2.32 bits per heavy atom. The number of carbonyl (C=O) groups excluding carboxylic acids is 1. The summed E-state index contributed by atoms with van der Waals surface area (Å²) in [6.07, 6.45) is -1.20. The summed E-state index contributed by atoms with van der Waals surface area (Å²) in [4.78, 5) is 22.9. The van der Waals surface area contributed by atoms with Crippen LogP contribution in [0.25, 0.3) is 0 Å². The van der Waals surface area contributed by atoms with Crippen LogP contribution in [-0.4, -0.2) is 34.2 Å². The van der Waals surface area contributed by atoms with Gasteiger partial charge in [-0.15, -0.1) is 0 Å². The summed E-state index contributed by atoms with van der Waals surface area (Å²) in [6.45, 7) is 4.84. The number of fused-ring (bicyclic) bond motifs is 1. The zero-order valence-corrected chi connectivity index (χ0v) is 11.0. The van der Waals surface area contributed by atoms with Crippen molar-refractivity contribution >= 4 is 12.1 Å². The van der Waals surface area contributed by atoms with Gasteiger partial charge in [0.2, 0.25) is 0 Å². The number of nitrogens with one attached hydrogen (secondary N) is 1. The molecule has 5 nitrogen and oxygen atoms in total. The lowest BCUT2D eigenvalue weighted by atomic mass is 10.0. The van der Waals surface area contributed by atoms with Crippen molar-refractivity contribution in [1.29, 1.82) is 0 Å². The third kappa shape index (κ3) is 2.15. The van der Waals surface area contributed by atoms with Crippen molar-refractivity contribution in [2.24, 2.45) is 11.8 Å². The summed E-state index contributed by atoms with van der Waals surface area (Å²) >= 11 is 0. The van der Waals surface area contributed by atoms with E-state index < -0.39 is 41.0 Å². The van der Waals surface area contributed by atoms with E-state index in [1.807, 2.05) is 0 Å². The summed E-state index contributed by atoms with van der Waals surface area (Å²) in [7, 11) is 0. The molecule has 2 saturated carbocycles. The van der Waals surface area contributed by atoms with Gasteiger partial charge in [-0.05, 0) is 27.2 Å². The molecule has 0 radical (unpaired) electrons. The van der Waals surface area contributed by atoms with Gasteiger partial charge >= 0.3 is 12.1 Å². The van der Waals surface area contributed by atoms with Crippen molar-refractivity contribution < 1.29 is 28.2 Å². The van der Waals surface area contributed by atoms with Gasteiger partial charge in [-0.1, -0.05) is 0 Å². The van der Waals surface area contributed by atoms with Crippen LogP contribution in [0.3, 0.4) is 0 Å². The van der Waals surface area contributed by atoms with Crippen LogP contribution in [0.5, 0.6) is 0 Å². The zero-order valence-electron chi connectivity index (χ0n) is 11.0. The van der Waals surface area contributed by atoms with E-state index in [1.54, 1.807) is 20.8 Å². The van der Waals surface area contributed by atoms with Crippen LogP contribution in [0.4, 0.5) is 13.6 Å². The molecule has 1 amide bonds. The van der Waals surface area contributed by atoms with E-state index in [4.69, 9.17) is 4.74 Å². The lowest BCUT2D eigenvalue weighted by Crippen LogP contribution is -2.50. The second-order valence-electron chi connectivity index (χ2n) is 6.18. The molecule has 2 aliphatic carbocycles. The fourth-order valence-electron chi connectivity index (χ4n) is 2.97. The fourth-order valence-corrected chi connectivity index (χ4v) is 2.97. The maximum absolute atomic E-state index is 13.6. The highest BCUT2D eigenvalue weighted by Gasteiger charge is 2.82. The Balaban J connectivity index is 2.13. The molecule has 3 atom stereocenters. The Kier molecular flexibility index (Phi) is 2.80. The molecule has 0 aromatic heterocycles. The molecule has 0 heterocycles. The monoisotopic (exact) mass is 277 g/mol. The number of alkyl carbamates (subject to hydrolysis) is 1. The van der Waals surface area contributed by atoms with Crippen molar-refractivity contribution in [2.75, 3.05) is 0 Å². The quantitative estimate of drug-likeness (QED) is 0.809. The molecule has 0 spiro atoms. The third-order valence-electron chi connectivity index (χ3n) is 3.67. The molecular weight excluding hydrogens is 260 g/mol. The number of hydrogen-bond acceptors (Lipinski definition) is 3. The minimum absolute atomic E-state index is 0.0970. The second kappa shape index (κ2) is 3.80. The summed E-state index contributed by atoms with van der Waals surface area (Å²) in [6, 6.07) is 0. The average Bonchev–Trinajstić information content (AvgIpc) is 2.70. The van der Waals surface area contributed by atoms with Crippen LogP contribution in [0.2, 0.25) is 0 Å². The molecule has 0 aliphatic heterocycles. The SMILES string of the molecule is CC(C)(C)OC(=O)NC1(C(=O)O)C2CCC(F)(F)C21. The first-order valence-electron chi connectivity index (χ1n) is 6.13. The van der Waals surface area contributed by atoms with Gasteiger partial charge in [0.05, 0.1) is 5.92 Å². The van der Waals surface area contributed by atoms with Gasteiger partial charge in [0.15, 0.2) is 5.54 Å². The Bertz CT molecular complexity index is 432. The molecule has 0 saturated heterocycles. The van der Waals surface area contributed by atoms with E-state index in [0.717, 1.165) is 0 Å². The first-order valence-corrected chi connectivity index (χ1v) is 6.13. The molecule has 0 aromatic carbocycles. The maximum Gasteiger partial charge on any atom is 0.408 e. The Labute approximate surface area is 109 Å². The predicted octanol–water partition coefficient (Wildman–Crippen LogP) is 2.01. The van der Waals surface area contributed by atoms with E-state index in [2.05, 4.69) is 5.32 Å². The number of hydrogen-bond donors (Lipinski definition) is 2. The van der Waals surface area contributed by atoms with E-state index in [0.29, 0.717) is 0 Å². The standard InChI is InChI=1S/C12H17F2NO4/c1-10(2,3)19-9(18)15-12(8(16)17)6-4-5-11(13,14)7(6)12/h6-7H,4-5H2,1-3H3,(H,15,18)(H,16,17). The number of carbonyl (C=O) groups is 2. The maximum atomic E-state index is 13.6. The van der Waals surface area contributed by atoms with Crippen LogP contribution in [0.1, 0.15) is 33.6 Å². The number of carboxylic acid groups (broad SMARTS) is 1. The molecule has 2 aliphatic rings. The van der Waals surface area contributed by atoms with Gasteiger partial charge in [0.1, 0.15) is 5.60 Å². The molecule has 2 rings (SSSR count). The van der Waals surface area contributed by atoms with Gasteiger partial charge < -0.3 is 15.2 Å². The molecule has 108 valence electrons. The number of rotatable bonds is 2. The lowest BCUT2D eigenvalue weighted by molar-refractivity contribution is -0.144. The molecule has 3 unspecified atom stereocenters. The minimum Gasteiger partial charge on any atom is -0.479 e. The lowest BCUT2D eigenvalue weighted by Gasteiger charge is -2.25. The van der Waals surface area contributed by atoms with Crippen LogP contribution < -0.4 is 5.32 Å². The van der Waals surface area contributed by atoms with Crippen molar-refractivity contribution in [3.63, 3.8) is 0 Å². The number of alkyl halides is 2. The topological polar surface area (TPSA) is 75.6 Å². The predicted molar refractivity (Wildman–Crippen MR) is 60.9 cm³/mol. The number of ether oxygens (including phenoxy) is 1. The molecule has 2 fully saturated rings. The molecule has 0 aromatic rings. The van der Waals surface area contributed by atoms with Crippen molar-refractivity contribution in [1.82, 2.24) is 5.32 Å². The van der Waals surface area contributed by atoms with Gasteiger partial charge in [-0.3, -0.25) is 0 Å². The normalized spacial score (nSPS) is 35.4. The van der Waals surface area contributed by atoms with Crippen molar-refractivity contribution in [2.45, 2.75) is 50.7 Å². The highest BCUT2D eigenvalue weighted by Crippen LogP contribution is 2.66. The van der Waals surface area contributed by atoms with Gasteiger partial charge in [0, 0.05) is 12.3 Å². The summed E-state index contributed by atoms with van der Waals surface area (Å²) < 4.78 is 32.1. The van der Waals surface area contributed by atoms with Gasteiger partial charge in [-0.2, -0.15) is 0 Å². The Morgan fingerprint density at radius 1 is 1.37 bits per heavy atom. The second-order valence-corrected chi connectivity index (χ2v) is 6.18. The highest BCUT2D eigenvalue weighted by atomic mass is 19.3. The number of carboxylic acids is 1. The summed E-state index contributed by atoms with van der Waals surface area (Å²) in [5.41, 5.74) is -2.68. The van der Waals surface area contributed by atoms with E-state index in [1.165, 1.54) is 0 Å². The third-order valence-corrected chi connectivity index (χ3v) is 3.67. The average molecular weight is 277 g/mol. The molecule has 7 heteroatoms. The largest absolute Gasteiger partial charge is 0.479 e. The molecule has 2 N–H and O–H groups in total. The van der Waals surface area contributed by atoms with Crippen molar-refractivity contribution in [3.05, 3.63) is 0 Å². The molecule has 0 bridgehead atoms. The van der Waals surface area contributed by atoms with E-state index >= 15 is 0 Å². The Morgan fingerprint density at radius 2 is 1.95 bits per heavy atom. The zero-order chi connectivity index (χ0) is 14.6. The van der Waals surface area contributed by atoms with Crippen molar-refractivity contribution in [3.8, 4) is 0 Å². The number of halogens is 2. The summed E-state index contributed by atoms with van der Waals surface area (Å²) in [5.74, 6) is -6.51. The summed E-state index contributed by atoms with van der Waals surface area (Å²) in [5, 5.41) is 11.3. The number of aliphatic carboxylic acids is 1. The van der Waals surface area contributed by atoms with Gasteiger partial charge in [-0.25, -0.2) is 18.4 Å². The number of amides is 1. The van der Waals surface area contributed by atoms with Gasteiger partial charge in [0.25, 0.3) is 5.92 Å². The van der Waals surface area contributed by atoms with E-state index in [9.17, 15) is 23.5 Å². The highest BCUT2D eigenvalue weighted by molar-refractivity contribution is 5.89. The molecule has 19 heavy (non-hydrogen) atoms. The smallest absolute Gasteiger partial charge is 0.408 e. The van der Waals surface area contributed by atoms with Crippen LogP contribution >= 0.6 is 0 Å². The minimum atomic E-state index is -3.04. The first-order chi connectivity index (χ1) is 8.51. The van der Waals surface area contributed by atoms with Crippen LogP contribution in [-0.2, 0) is 9.53 Å². The Hall–Kier alpha value is -1.40. The molecular formula is C12H17F2NO4. The fraction of sp³-hybridized carbons (Fsp3) is 0.833. The van der Waals surface area contributed by atoms with Crippen LogP contribution in [0.15, 0.2) is 0 Å².